The topological polar surface area (TPSA) is 90.7 Å². The van der Waals surface area contributed by atoms with Crippen LogP contribution in [0.25, 0.3) is 0 Å². The summed E-state index contributed by atoms with van der Waals surface area (Å²) in [5.41, 5.74) is 4.88. The standard InChI is InChI=1S/C13H19FN2O4S/c1-9-5-10(14)11(15)6-12(9)21(17,18)16-7-13(19-2)3-4-20-8-13/h5-6,16H,3-4,7-8,15H2,1-2H3. The van der Waals surface area contributed by atoms with E-state index in [1.807, 2.05) is 0 Å². The largest absolute Gasteiger partial charge is 0.396 e. The predicted molar refractivity (Wildman–Crippen MR) is 75.9 cm³/mol. The third-order valence-corrected chi connectivity index (χ3v) is 5.21. The van der Waals surface area contributed by atoms with Crippen LogP contribution in [0.3, 0.4) is 0 Å². The van der Waals surface area contributed by atoms with Gasteiger partial charge in [-0.1, -0.05) is 0 Å². The molecule has 2 rings (SSSR count). The van der Waals surface area contributed by atoms with Crippen molar-refractivity contribution in [1.82, 2.24) is 4.72 Å². The van der Waals surface area contributed by atoms with Crippen LogP contribution in [0.1, 0.15) is 12.0 Å². The molecule has 3 N–H and O–H groups in total. The first-order valence-electron chi connectivity index (χ1n) is 6.48. The molecule has 1 atom stereocenters. The van der Waals surface area contributed by atoms with Crippen LogP contribution in [0.2, 0.25) is 0 Å². The lowest BCUT2D eigenvalue weighted by atomic mass is 10.0. The summed E-state index contributed by atoms with van der Waals surface area (Å²) in [6, 6.07) is 2.23. The summed E-state index contributed by atoms with van der Waals surface area (Å²) in [5.74, 6) is -0.635. The van der Waals surface area contributed by atoms with Gasteiger partial charge in [0.1, 0.15) is 11.4 Å². The lowest BCUT2D eigenvalue weighted by Gasteiger charge is -2.26. The van der Waals surface area contributed by atoms with Crippen LogP contribution >= 0.6 is 0 Å². The average Bonchev–Trinajstić information content (AvgIpc) is 2.90. The summed E-state index contributed by atoms with van der Waals surface area (Å²) in [6.07, 6.45) is 0.608. The zero-order valence-corrected chi connectivity index (χ0v) is 12.8. The van der Waals surface area contributed by atoms with Gasteiger partial charge in [0.15, 0.2) is 0 Å². The number of rotatable bonds is 5. The number of benzene rings is 1. The molecule has 0 aliphatic carbocycles. The molecule has 1 aliphatic heterocycles. The Kier molecular flexibility index (Phi) is 4.52. The second-order valence-corrected chi connectivity index (χ2v) is 6.89. The van der Waals surface area contributed by atoms with Gasteiger partial charge in [-0.25, -0.2) is 17.5 Å². The molecular weight excluding hydrogens is 299 g/mol. The van der Waals surface area contributed by atoms with Crippen LogP contribution in [0.15, 0.2) is 17.0 Å². The van der Waals surface area contributed by atoms with Gasteiger partial charge in [0.2, 0.25) is 10.0 Å². The monoisotopic (exact) mass is 318 g/mol. The maximum absolute atomic E-state index is 13.3. The average molecular weight is 318 g/mol. The van der Waals surface area contributed by atoms with E-state index in [9.17, 15) is 12.8 Å². The highest BCUT2D eigenvalue weighted by Crippen LogP contribution is 2.24. The molecule has 1 unspecified atom stereocenters. The van der Waals surface area contributed by atoms with Gasteiger partial charge in [0, 0.05) is 26.7 Å². The second-order valence-electron chi connectivity index (χ2n) is 5.15. The highest BCUT2D eigenvalue weighted by molar-refractivity contribution is 7.89. The van der Waals surface area contributed by atoms with Crippen molar-refractivity contribution < 1.29 is 22.3 Å². The number of ether oxygens (including phenoxy) is 2. The van der Waals surface area contributed by atoms with Crippen molar-refractivity contribution in [2.24, 2.45) is 0 Å². The van der Waals surface area contributed by atoms with Crippen molar-refractivity contribution in [3.63, 3.8) is 0 Å². The van der Waals surface area contributed by atoms with Gasteiger partial charge in [0.25, 0.3) is 0 Å². The zero-order chi connectivity index (χ0) is 15.7. The Morgan fingerprint density at radius 2 is 2.24 bits per heavy atom. The number of sulfonamides is 1. The number of hydrogen-bond donors (Lipinski definition) is 2. The molecule has 8 heteroatoms. The van der Waals surface area contributed by atoms with Crippen LogP contribution in [0, 0.1) is 12.7 Å². The number of hydrogen-bond acceptors (Lipinski definition) is 5. The number of nitrogen functional groups attached to an aromatic ring is 1. The summed E-state index contributed by atoms with van der Waals surface area (Å²) in [4.78, 5) is -0.0356. The van der Waals surface area contributed by atoms with Gasteiger partial charge in [-0.3, -0.25) is 0 Å². The number of nitrogens with two attached hydrogens (primary N) is 1. The molecule has 1 aromatic rings. The molecule has 6 nitrogen and oxygen atoms in total. The Balaban J connectivity index is 2.21. The third kappa shape index (κ3) is 3.34. The van der Waals surface area contributed by atoms with Crippen LogP contribution in [-0.4, -0.2) is 40.9 Å². The van der Waals surface area contributed by atoms with Crippen LogP contribution < -0.4 is 10.5 Å². The molecule has 1 aliphatic rings. The van der Waals surface area contributed by atoms with Crippen molar-refractivity contribution in [2.75, 3.05) is 32.6 Å². The van der Waals surface area contributed by atoms with Crippen molar-refractivity contribution >= 4 is 15.7 Å². The molecular formula is C13H19FN2O4S. The highest BCUT2D eigenvalue weighted by Gasteiger charge is 2.36. The fourth-order valence-corrected chi connectivity index (χ4v) is 3.60. The molecule has 1 heterocycles. The summed E-state index contributed by atoms with van der Waals surface area (Å²) >= 11 is 0. The number of halogens is 1. The number of aryl methyl sites for hydroxylation is 1. The van der Waals surface area contributed by atoms with Crippen molar-refractivity contribution in [2.45, 2.75) is 23.8 Å². The highest BCUT2D eigenvalue weighted by atomic mass is 32.2. The van der Waals surface area contributed by atoms with E-state index in [1.165, 1.54) is 14.0 Å². The minimum Gasteiger partial charge on any atom is -0.396 e. The molecule has 118 valence electrons. The van der Waals surface area contributed by atoms with Crippen molar-refractivity contribution in [3.8, 4) is 0 Å². The van der Waals surface area contributed by atoms with Crippen LogP contribution in [0.5, 0.6) is 0 Å². The number of methoxy groups -OCH3 is 1. The molecule has 0 spiro atoms. The number of anilines is 1. The lowest BCUT2D eigenvalue weighted by Crippen LogP contribution is -2.45. The lowest BCUT2D eigenvalue weighted by molar-refractivity contribution is -0.0120. The van der Waals surface area contributed by atoms with E-state index >= 15 is 0 Å². The van der Waals surface area contributed by atoms with E-state index in [2.05, 4.69) is 4.72 Å². The number of nitrogens with one attached hydrogen (secondary N) is 1. The predicted octanol–water partition coefficient (Wildman–Crippen LogP) is 0.800. The summed E-state index contributed by atoms with van der Waals surface area (Å²) < 4.78 is 51.1. The zero-order valence-electron chi connectivity index (χ0n) is 12.0. The molecule has 1 aromatic carbocycles. The summed E-state index contributed by atoms with van der Waals surface area (Å²) in [6.45, 7) is 2.46. The molecule has 0 saturated carbocycles. The minimum absolute atomic E-state index is 0.0356. The van der Waals surface area contributed by atoms with E-state index in [4.69, 9.17) is 15.2 Å². The SMILES string of the molecule is COC1(CNS(=O)(=O)c2cc(N)c(F)cc2C)CCOC1. The normalized spacial score (nSPS) is 22.6. The first kappa shape index (κ1) is 16.2. The first-order valence-corrected chi connectivity index (χ1v) is 7.96. The Morgan fingerprint density at radius 1 is 1.52 bits per heavy atom. The maximum Gasteiger partial charge on any atom is 0.241 e. The molecule has 1 fully saturated rings. The minimum atomic E-state index is -3.80. The van der Waals surface area contributed by atoms with Crippen LogP contribution in [-0.2, 0) is 19.5 Å². The molecule has 1 saturated heterocycles. The molecule has 0 radical (unpaired) electrons. The van der Waals surface area contributed by atoms with E-state index < -0.39 is 21.4 Å². The van der Waals surface area contributed by atoms with Gasteiger partial charge in [-0.2, -0.15) is 0 Å². The molecule has 0 aromatic heterocycles. The fourth-order valence-electron chi connectivity index (χ4n) is 2.22. The van der Waals surface area contributed by atoms with Gasteiger partial charge < -0.3 is 15.2 Å². The van der Waals surface area contributed by atoms with E-state index in [0.29, 0.717) is 25.2 Å². The van der Waals surface area contributed by atoms with E-state index in [0.717, 1.165) is 12.1 Å². The second kappa shape index (κ2) is 5.88. The quantitative estimate of drug-likeness (QED) is 0.784. The van der Waals surface area contributed by atoms with Crippen molar-refractivity contribution in [3.05, 3.63) is 23.5 Å². The Morgan fingerprint density at radius 3 is 2.81 bits per heavy atom. The molecule has 21 heavy (non-hydrogen) atoms. The van der Waals surface area contributed by atoms with E-state index in [1.54, 1.807) is 0 Å². The Bertz CT molecular complexity index is 627. The van der Waals surface area contributed by atoms with Gasteiger partial charge >= 0.3 is 0 Å². The first-order chi connectivity index (χ1) is 9.80. The van der Waals surface area contributed by atoms with Crippen LogP contribution in [0.4, 0.5) is 10.1 Å². The molecule has 0 bridgehead atoms. The summed E-state index contributed by atoms with van der Waals surface area (Å²) in [7, 11) is -2.28. The smallest absolute Gasteiger partial charge is 0.241 e. The molecule has 0 amide bonds. The Hall–Kier alpha value is -1.22. The fraction of sp³-hybridized carbons (Fsp3) is 0.538. The van der Waals surface area contributed by atoms with Gasteiger partial charge in [-0.05, 0) is 24.6 Å². The van der Waals surface area contributed by atoms with Gasteiger partial charge in [-0.15, -0.1) is 0 Å². The van der Waals surface area contributed by atoms with Gasteiger partial charge in [0.05, 0.1) is 17.2 Å². The van der Waals surface area contributed by atoms with Crippen molar-refractivity contribution in [1.29, 1.82) is 0 Å². The summed E-state index contributed by atoms with van der Waals surface area (Å²) in [5, 5.41) is 0. The Labute approximate surface area is 123 Å². The maximum atomic E-state index is 13.3. The third-order valence-electron chi connectivity index (χ3n) is 3.67. The van der Waals surface area contributed by atoms with E-state index in [-0.39, 0.29) is 17.1 Å².